The van der Waals surface area contributed by atoms with Crippen LogP contribution in [0.5, 0.6) is 0 Å². The smallest absolute Gasteiger partial charge is 0.272 e. The summed E-state index contributed by atoms with van der Waals surface area (Å²) in [6, 6.07) is 8.56. The molecule has 1 aliphatic carbocycles. The Hall–Kier alpha value is -1.75. The van der Waals surface area contributed by atoms with Gasteiger partial charge in [-0.15, -0.1) is 0 Å². The van der Waals surface area contributed by atoms with Gasteiger partial charge < -0.3 is 5.73 Å². The molecule has 0 spiro atoms. The molecule has 1 aromatic carbocycles. The van der Waals surface area contributed by atoms with Gasteiger partial charge in [0.1, 0.15) is 5.54 Å². The number of rotatable bonds is 2. The summed E-state index contributed by atoms with van der Waals surface area (Å²) < 4.78 is 27.9. The van der Waals surface area contributed by atoms with Crippen LogP contribution in [0.15, 0.2) is 42.7 Å². The number of aromatic nitrogens is 2. The second-order valence-corrected chi connectivity index (χ2v) is 4.35. The molecule has 5 heteroatoms. The molecular weight excluding hydrogens is 224 g/mol. The molecule has 0 radical (unpaired) electrons. The molecule has 1 atom stereocenters. The van der Waals surface area contributed by atoms with E-state index in [1.165, 1.54) is 0 Å². The minimum absolute atomic E-state index is 0.277. The molecule has 0 aliphatic heterocycles. The molecular formula is C12H11F2N3. The van der Waals surface area contributed by atoms with Crippen molar-refractivity contribution in [2.24, 2.45) is 5.73 Å². The van der Waals surface area contributed by atoms with Crippen molar-refractivity contribution in [3.63, 3.8) is 0 Å². The van der Waals surface area contributed by atoms with Crippen LogP contribution in [-0.4, -0.2) is 15.7 Å². The van der Waals surface area contributed by atoms with Crippen LogP contribution in [0.2, 0.25) is 0 Å². The van der Waals surface area contributed by atoms with Crippen molar-refractivity contribution < 1.29 is 8.78 Å². The normalized spacial score (nSPS) is 25.8. The van der Waals surface area contributed by atoms with E-state index in [4.69, 9.17) is 5.73 Å². The topological polar surface area (TPSA) is 43.8 Å². The highest BCUT2D eigenvalue weighted by Gasteiger charge is 2.69. The number of halogens is 2. The van der Waals surface area contributed by atoms with Gasteiger partial charge in [0.15, 0.2) is 0 Å². The Labute approximate surface area is 96.9 Å². The number of nitrogens with two attached hydrogens (primary N) is 1. The summed E-state index contributed by atoms with van der Waals surface area (Å²) in [5.74, 6) is -2.78. The van der Waals surface area contributed by atoms with Gasteiger partial charge in [0.2, 0.25) is 0 Å². The lowest BCUT2D eigenvalue weighted by Gasteiger charge is -2.11. The Balaban J connectivity index is 1.92. The van der Waals surface area contributed by atoms with E-state index in [2.05, 4.69) is 5.10 Å². The van der Waals surface area contributed by atoms with Gasteiger partial charge in [0.25, 0.3) is 5.92 Å². The number of benzene rings is 1. The number of alkyl halides is 2. The summed E-state index contributed by atoms with van der Waals surface area (Å²) in [6.45, 7) is 0. The van der Waals surface area contributed by atoms with Crippen molar-refractivity contribution in [1.82, 2.24) is 9.78 Å². The Morgan fingerprint density at radius 2 is 1.88 bits per heavy atom. The second-order valence-electron chi connectivity index (χ2n) is 4.35. The Bertz CT molecular complexity index is 533. The van der Waals surface area contributed by atoms with Crippen LogP contribution in [-0.2, 0) is 5.54 Å². The molecule has 1 aromatic heterocycles. The lowest BCUT2D eigenvalue weighted by Crippen LogP contribution is -2.27. The molecule has 3 rings (SSSR count). The van der Waals surface area contributed by atoms with Crippen molar-refractivity contribution in [3.05, 3.63) is 48.3 Å². The fourth-order valence-electron chi connectivity index (χ4n) is 1.95. The van der Waals surface area contributed by atoms with E-state index in [-0.39, 0.29) is 6.42 Å². The van der Waals surface area contributed by atoms with Crippen molar-refractivity contribution >= 4 is 0 Å². The molecule has 1 fully saturated rings. The van der Waals surface area contributed by atoms with E-state index in [0.29, 0.717) is 5.56 Å². The van der Waals surface area contributed by atoms with Crippen molar-refractivity contribution in [2.45, 2.75) is 17.9 Å². The van der Waals surface area contributed by atoms with Gasteiger partial charge >= 0.3 is 0 Å². The van der Waals surface area contributed by atoms with Gasteiger partial charge in [-0.05, 0) is 23.8 Å². The van der Waals surface area contributed by atoms with Gasteiger partial charge in [-0.2, -0.15) is 5.10 Å². The molecule has 2 N–H and O–H groups in total. The van der Waals surface area contributed by atoms with Crippen LogP contribution in [0, 0.1) is 0 Å². The summed E-state index contributed by atoms with van der Waals surface area (Å²) in [5, 5.41) is 4.06. The summed E-state index contributed by atoms with van der Waals surface area (Å²) in [5.41, 5.74) is 5.46. The highest BCUT2D eigenvalue weighted by molar-refractivity contribution is 5.41. The third-order valence-corrected chi connectivity index (χ3v) is 3.18. The third-order valence-electron chi connectivity index (χ3n) is 3.18. The fourth-order valence-corrected chi connectivity index (χ4v) is 1.95. The van der Waals surface area contributed by atoms with Gasteiger partial charge in [-0.25, -0.2) is 13.5 Å². The zero-order valence-electron chi connectivity index (χ0n) is 8.98. The van der Waals surface area contributed by atoms with Crippen molar-refractivity contribution in [2.75, 3.05) is 0 Å². The van der Waals surface area contributed by atoms with E-state index in [1.807, 2.05) is 0 Å². The first kappa shape index (κ1) is 10.4. The average molecular weight is 235 g/mol. The Kier molecular flexibility index (Phi) is 1.92. The van der Waals surface area contributed by atoms with Crippen LogP contribution in [0.3, 0.4) is 0 Å². The number of hydrogen-bond donors (Lipinski definition) is 1. The standard InChI is InChI=1S/C12H11F2N3/c13-12(14)8-11(12,15)9-2-4-10(5-3-9)17-7-1-6-16-17/h1-7H,8,15H2. The highest BCUT2D eigenvalue weighted by Crippen LogP contribution is 2.57. The third kappa shape index (κ3) is 1.46. The predicted molar refractivity (Wildman–Crippen MR) is 59.0 cm³/mol. The lowest BCUT2D eigenvalue weighted by molar-refractivity contribution is 0.0891. The molecule has 0 bridgehead atoms. The largest absolute Gasteiger partial charge is 0.316 e. The van der Waals surface area contributed by atoms with Crippen LogP contribution in [0.4, 0.5) is 8.78 Å². The molecule has 1 unspecified atom stereocenters. The first-order chi connectivity index (χ1) is 8.03. The first-order valence-electron chi connectivity index (χ1n) is 5.30. The molecule has 3 nitrogen and oxygen atoms in total. The summed E-state index contributed by atoms with van der Waals surface area (Å²) >= 11 is 0. The molecule has 88 valence electrons. The van der Waals surface area contributed by atoms with E-state index < -0.39 is 11.5 Å². The number of nitrogens with zero attached hydrogens (tertiary/aromatic N) is 2. The quantitative estimate of drug-likeness (QED) is 0.865. The zero-order chi connectivity index (χ0) is 12.1. The van der Waals surface area contributed by atoms with Crippen LogP contribution in [0.1, 0.15) is 12.0 Å². The Morgan fingerprint density at radius 1 is 1.24 bits per heavy atom. The van der Waals surface area contributed by atoms with Crippen LogP contribution >= 0.6 is 0 Å². The highest BCUT2D eigenvalue weighted by atomic mass is 19.3. The van der Waals surface area contributed by atoms with Gasteiger partial charge in [0.05, 0.1) is 5.69 Å². The summed E-state index contributed by atoms with van der Waals surface area (Å²) in [6.07, 6.45) is 3.17. The fraction of sp³-hybridized carbons (Fsp3) is 0.250. The average Bonchev–Trinajstić information content (AvgIpc) is 2.75. The maximum atomic E-state index is 13.1. The molecule has 0 saturated heterocycles. The van der Waals surface area contributed by atoms with Crippen LogP contribution < -0.4 is 5.73 Å². The van der Waals surface area contributed by atoms with Crippen LogP contribution in [0.25, 0.3) is 5.69 Å². The predicted octanol–water partition coefficient (Wildman–Crippen LogP) is 2.07. The van der Waals surface area contributed by atoms with Gasteiger partial charge in [0, 0.05) is 18.8 Å². The van der Waals surface area contributed by atoms with Crippen molar-refractivity contribution in [1.29, 1.82) is 0 Å². The lowest BCUT2D eigenvalue weighted by atomic mass is 10.1. The molecule has 1 aliphatic rings. The summed E-state index contributed by atoms with van der Waals surface area (Å²) in [7, 11) is 0. The van der Waals surface area contributed by atoms with Gasteiger partial charge in [-0.3, -0.25) is 0 Å². The number of hydrogen-bond acceptors (Lipinski definition) is 2. The molecule has 1 saturated carbocycles. The Morgan fingerprint density at radius 3 is 2.35 bits per heavy atom. The minimum atomic E-state index is -2.78. The summed E-state index contributed by atoms with van der Waals surface area (Å²) in [4.78, 5) is 0. The van der Waals surface area contributed by atoms with E-state index >= 15 is 0 Å². The maximum Gasteiger partial charge on any atom is 0.272 e. The molecule has 1 heterocycles. The zero-order valence-corrected chi connectivity index (χ0v) is 8.98. The van der Waals surface area contributed by atoms with E-state index in [9.17, 15) is 8.78 Å². The van der Waals surface area contributed by atoms with Crippen molar-refractivity contribution in [3.8, 4) is 5.69 Å². The SMILES string of the molecule is NC1(c2ccc(-n3cccn3)cc2)CC1(F)F. The van der Waals surface area contributed by atoms with Gasteiger partial charge in [-0.1, -0.05) is 12.1 Å². The molecule has 0 amide bonds. The monoisotopic (exact) mass is 235 g/mol. The minimum Gasteiger partial charge on any atom is -0.316 e. The second kappa shape index (κ2) is 3.13. The maximum absolute atomic E-state index is 13.1. The molecule has 17 heavy (non-hydrogen) atoms. The first-order valence-corrected chi connectivity index (χ1v) is 5.30. The van der Waals surface area contributed by atoms with E-state index in [0.717, 1.165) is 5.69 Å². The molecule has 2 aromatic rings. The van der Waals surface area contributed by atoms with E-state index in [1.54, 1.807) is 47.4 Å².